The first kappa shape index (κ1) is 10.6. The third kappa shape index (κ3) is 2.73. The Morgan fingerprint density at radius 3 is 2.69 bits per heavy atom. The summed E-state index contributed by atoms with van der Waals surface area (Å²) in [6, 6.07) is 0.564. The summed E-state index contributed by atoms with van der Waals surface area (Å²) in [5.74, 6) is 0.654. The highest BCUT2D eigenvalue weighted by atomic mass is 15.1. The van der Waals surface area contributed by atoms with E-state index in [1.807, 2.05) is 0 Å². The third-order valence-corrected chi connectivity index (χ3v) is 3.00. The lowest BCUT2D eigenvalue weighted by molar-refractivity contribution is 0.276. The molecule has 1 atom stereocenters. The molecule has 0 aromatic carbocycles. The Morgan fingerprint density at radius 2 is 2.23 bits per heavy atom. The molecule has 0 amide bonds. The third-order valence-electron chi connectivity index (χ3n) is 3.00. The molecule has 0 saturated carbocycles. The Balaban J connectivity index is 2.45. The average Bonchev–Trinajstić information content (AvgIpc) is 2.17. The van der Waals surface area contributed by atoms with E-state index in [4.69, 9.17) is 0 Å². The van der Waals surface area contributed by atoms with Gasteiger partial charge in [0.2, 0.25) is 0 Å². The highest BCUT2D eigenvalue weighted by Gasteiger charge is 2.19. The summed E-state index contributed by atoms with van der Waals surface area (Å²) in [6.07, 6.45) is 2.58. The number of piperidine rings is 1. The van der Waals surface area contributed by atoms with E-state index in [0.29, 0.717) is 12.0 Å². The molecule has 0 aromatic heterocycles. The molecule has 2 nitrogen and oxygen atoms in total. The zero-order valence-corrected chi connectivity index (χ0v) is 9.14. The highest BCUT2D eigenvalue weighted by molar-refractivity contribution is 5.02. The van der Waals surface area contributed by atoms with Crippen molar-refractivity contribution in [2.24, 2.45) is 5.92 Å². The van der Waals surface area contributed by atoms with Crippen molar-refractivity contribution in [3.05, 3.63) is 12.3 Å². The van der Waals surface area contributed by atoms with Crippen molar-refractivity contribution in [1.29, 1.82) is 0 Å². The second kappa shape index (κ2) is 4.66. The Morgan fingerprint density at radius 1 is 1.54 bits per heavy atom. The summed E-state index contributed by atoms with van der Waals surface area (Å²) in [4.78, 5) is 2.29. The molecule has 76 valence electrons. The quantitative estimate of drug-likeness (QED) is 0.716. The Bertz CT molecular complexity index is 169. The van der Waals surface area contributed by atoms with Gasteiger partial charge >= 0.3 is 0 Å². The van der Waals surface area contributed by atoms with Crippen LogP contribution in [0.3, 0.4) is 0 Å². The zero-order valence-electron chi connectivity index (χ0n) is 9.14. The van der Waals surface area contributed by atoms with Crippen molar-refractivity contribution in [2.45, 2.75) is 32.7 Å². The van der Waals surface area contributed by atoms with E-state index in [2.05, 4.69) is 37.7 Å². The van der Waals surface area contributed by atoms with Crippen LogP contribution in [-0.4, -0.2) is 31.1 Å². The molecule has 1 heterocycles. The molecule has 0 spiro atoms. The maximum atomic E-state index is 4.19. The fraction of sp³-hybridized carbons (Fsp3) is 0.818. The first-order valence-electron chi connectivity index (χ1n) is 5.25. The van der Waals surface area contributed by atoms with Crippen molar-refractivity contribution in [2.75, 3.05) is 20.1 Å². The van der Waals surface area contributed by atoms with Gasteiger partial charge in [-0.2, -0.15) is 0 Å². The molecule has 1 aliphatic heterocycles. The maximum absolute atomic E-state index is 4.19. The molecule has 0 aromatic rings. The maximum Gasteiger partial charge on any atom is 0.0227 e. The van der Waals surface area contributed by atoms with Crippen molar-refractivity contribution < 1.29 is 0 Å². The van der Waals surface area contributed by atoms with Crippen LogP contribution in [0.15, 0.2) is 12.3 Å². The molecule has 1 fully saturated rings. The molecule has 0 bridgehead atoms. The van der Waals surface area contributed by atoms with Crippen molar-refractivity contribution in [3.8, 4) is 0 Å². The van der Waals surface area contributed by atoms with Crippen LogP contribution >= 0.6 is 0 Å². The number of hydrogen-bond donors (Lipinski definition) is 1. The largest absolute Gasteiger partial charge is 0.376 e. The molecule has 1 unspecified atom stereocenters. The Hall–Kier alpha value is -0.500. The van der Waals surface area contributed by atoms with Crippen molar-refractivity contribution in [3.63, 3.8) is 0 Å². The predicted octanol–water partition coefficient (Wildman–Crippen LogP) is 1.84. The molecule has 0 radical (unpaired) electrons. The average molecular weight is 182 g/mol. The van der Waals surface area contributed by atoms with Gasteiger partial charge in [-0.15, -0.1) is 0 Å². The minimum absolute atomic E-state index is 0.564. The fourth-order valence-electron chi connectivity index (χ4n) is 1.76. The van der Waals surface area contributed by atoms with Crippen LogP contribution in [0.4, 0.5) is 0 Å². The molecular weight excluding hydrogens is 160 g/mol. The highest BCUT2D eigenvalue weighted by Crippen LogP contribution is 2.21. The van der Waals surface area contributed by atoms with Crippen LogP contribution in [0, 0.1) is 5.92 Å². The van der Waals surface area contributed by atoms with Gasteiger partial charge in [0.1, 0.15) is 0 Å². The predicted molar refractivity (Wildman–Crippen MR) is 57.6 cm³/mol. The summed E-state index contributed by atoms with van der Waals surface area (Å²) in [7, 11) is 2.14. The second-order valence-electron chi connectivity index (χ2n) is 4.24. The fourth-order valence-corrected chi connectivity index (χ4v) is 1.76. The lowest BCUT2D eigenvalue weighted by Crippen LogP contribution is -2.37. The van der Waals surface area contributed by atoms with E-state index in [1.165, 1.54) is 25.1 Å². The van der Waals surface area contributed by atoms with Crippen LogP contribution < -0.4 is 5.32 Å². The van der Waals surface area contributed by atoms with Crippen LogP contribution in [0.1, 0.15) is 26.7 Å². The summed E-state index contributed by atoms with van der Waals surface area (Å²) in [6.45, 7) is 10.9. The first-order valence-corrected chi connectivity index (χ1v) is 5.25. The van der Waals surface area contributed by atoms with Gasteiger partial charge in [0.25, 0.3) is 0 Å². The van der Waals surface area contributed by atoms with E-state index in [-0.39, 0.29) is 0 Å². The molecule has 1 N–H and O–H groups in total. The topological polar surface area (TPSA) is 15.3 Å². The monoisotopic (exact) mass is 182 g/mol. The zero-order chi connectivity index (χ0) is 9.84. The van der Waals surface area contributed by atoms with Gasteiger partial charge in [0.05, 0.1) is 0 Å². The second-order valence-corrected chi connectivity index (χ2v) is 4.24. The number of rotatable bonds is 3. The number of nitrogens with one attached hydrogen (secondary N) is 1. The van der Waals surface area contributed by atoms with Crippen LogP contribution in [0.5, 0.6) is 0 Å². The molecule has 2 heteroatoms. The van der Waals surface area contributed by atoms with Crippen LogP contribution in [0.2, 0.25) is 0 Å². The van der Waals surface area contributed by atoms with E-state index in [0.717, 1.165) is 6.54 Å². The number of hydrogen-bond acceptors (Lipinski definition) is 2. The normalized spacial score (nSPS) is 23.2. The van der Waals surface area contributed by atoms with Gasteiger partial charge < -0.3 is 10.2 Å². The smallest absolute Gasteiger partial charge is 0.0227 e. The van der Waals surface area contributed by atoms with Gasteiger partial charge in [-0.3, -0.25) is 0 Å². The minimum Gasteiger partial charge on any atom is -0.376 e. The molecule has 1 rings (SSSR count). The van der Waals surface area contributed by atoms with E-state index in [1.54, 1.807) is 0 Å². The summed E-state index contributed by atoms with van der Waals surface area (Å²) >= 11 is 0. The van der Waals surface area contributed by atoms with E-state index < -0.39 is 0 Å². The summed E-state index contributed by atoms with van der Waals surface area (Å²) < 4.78 is 0. The molecule has 0 aliphatic carbocycles. The molecule has 1 saturated heterocycles. The van der Waals surface area contributed by atoms with Crippen LogP contribution in [0.25, 0.3) is 0 Å². The van der Waals surface area contributed by atoms with Gasteiger partial charge in [-0.1, -0.05) is 6.58 Å². The molecular formula is C11H22N2. The van der Waals surface area contributed by atoms with Crippen LogP contribution in [-0.2, 0) is 0 Å². The minimum atomic E-state index is 0.564. The van der Waals surface area contributed by atoms with Gasteiger partial charge in [0.15, 0.2) is 0 Å². The lowest BCUT2D eigenvalue weighted by Gasteiger charge is -2.33. The SMILES string of the molecule is C=C(C1CCCNC1)N(C)C(C)C. The Kier molecular flexibility index (Phi) is 3.79. The van der Waals surface area contributed by atoms with E-state index in [9.17, 15) is 0 Å². The van der Waals surface area contributed by atoms with Crippen molar-refractivity contribution in [1.82, 2.24) is 10.2 Å². The number of nitrogens with zero attached hydrogens (tertiary/aromatic N) is 1. The summed E-state index contributed by atoms with van der Waals surface area (Å²) in [5.41, 5.74) is 1.29. The standard InChI is InChI=1S/C11H22N2/c1-9(2)13(4)10(3)11-6-5-7-12-8-11/h9,11-12H,3,5-8H2,1-2,4H3. The lowest BCUT2D eigenvalue weighted by atomic mass is 9.95. The van der Waals surface area contributed by atoms with Gasteiger partial charge in [-0.25, -0.2) is 0 Å². The first-order chi connectivity index (χ1) is 6.13. The summed E-state index contributed by atoms with van der Waals surface area (Å²) in [5, 5.41) is 3.42. The van der Waals surface area contributed by atoms with Gasteiger partial charge in [-0.05, 0) is 33.2 Å². The van der Waals surface area contributed by atoms with Gasteiger partial charge in [0, 0.05) is 31.2 Å². The molecule has 1 aliphatic rings. The molecule has 13 heavy (non-hydrogen) atoms. The Labute approximate surface area is 82.0 Å². The van der Waals surface area contributed by atoms with Crippen molar-refractivity contribution >= 4 is 0 Å². The van der Waals surface area contributed by atoms with E-state index >= 15 is 0 Å².